The zero-order valence-corrected chi connectivity index (χ0v) is 11.0. The Morgan fingerprint density at radius 3 is 2.47 bits per heavy atom. The van der Waals surface area contributed by atoms with E-state index in [1.807, 2.05) is 0 Å². The Morgan fingerprint density at radius 2 is 2.07 bits per heavy atom. The molecule has 0 bridgehead atoms. The van der Waals surface area contributed by atoms with Crippen LogP contribution in [0.1, 0.15) is 47.0 Å². The van der Waals surface area contributed by atoms with Crippen LogP contribution in [0.5, 0.6) is 0 Å². The molecule has 1 rings (SSSR count). The maximum absolute atomic E-state index is 5.20. The Balaban J connectivity index is 2.72. The van der Waals surface area contributed by atoms with Crippen molar-refractivity contribution in [2.45, 2.75) is 52.5 Å². The highest BCUT2D eigenvalue weighted by Gasteiger charge is 2.47. The molecule has 0 radical (unpaired) electrons. The fraction of sp³-hybridized carbons (Fsp3) is 1.00. The Morgan fingerprint density at radius 1 is 1.40 bits per heavy atom. The summed E-state index contributed by atoms with van der Waals surface area (Å²) in [7, 11) is 1.79. The largest absolute Gasteiger partial charge is 0.385 e. The van der Waals surface area contributed by atoms with Gasteiger partial charge in [-0.25, -0.2) is 0 Å². The summed E-state index contributed by atoms with van der Waals surface area (Å²) in [6.45, 7) is 11.5. The SMILES string of the molecule is COCCC(C)C1(C(C)(C)C)CCCN1. The Labute approximate surface area is 94.8 Å². The predicted molar refractivity (Wildman–Crippen MR) is 65.1 cm³/mol. The van der Waals surface area contributed by atoms with Crippen molar-refractivity contribution in [3.63, 3.8) is 0 Å². The van der Waals surface area contributed by atoms with Crippen LogP contribution in [-0.4, -0.2) is 25.8 Å². The molecule has 0 aromatic rings. The molecule has 1 fully saturated rings. The van der Waals surface area contributed by atoms with E-state index < -0.39 is 0 Å². The predicted octanol–water partition coefficient (Wildman–Crippen LogP) is 2.83. The molecule has 0 amide bonds. The second-order valence-corrected chi connectivity index (χ2v) is 5.93. The van der Waals surface area contributed by atoms with Crippen LogP contribution in [-0.2, 0) is 4.74 Å². The number of ether oxygens (including phenoxy) is 1. The van der Waals surface area contributed by atoms with Crippen LogP contribution >= 0.6 is 0 Å². The first-order valence-corrected chi connectivity index (χ1v) is 6.18. The van der Waals surface area contributed by atoms with Gasteiger partial charge in [0.2, 0.25) is 0 Å². The normalized spacial score (nSPS) is 29.4. The van der Waals surface area contributed by atoms with Crippen LogP contribution in [0.25, 0.3) is 0 Å². The smallest absolute Gasteiger partial charge is 0.0465 e. The van der Waals surface area contributed by atoms with E-state index in [-0.39, 0.29) is 0 Å². The topological polar surface area (TPSA) is 21.3 Å². The van der Waals surface area contributed by atoms with Crippen molar-refractivity contribution in [3.8, 4) is 0 Å². The minimum atomic E-state index is 0.311. The van der Waals surface area contributed by atoms with E-state index in [0.29, 0.717) is 16.9 Å². The van der Waals surface area contributed by atoms with E-state index >= 15 is 0 Å². The van der Waals surface area contributed by atoms with Crippen LogP contribution in [0.3, 0.4) is 0 Å². The third-order valence-corrected chi connectivity index (χ3v) is 4.12. The molecule has 90 valence electrons. The molecule has 0 aromatic heterocycles. The van der Waals surface area contributed by atoms with E-state index in [1.165, 1.54) is 19.4 Å². The number of hydrogen-bond donors (Lipinski definition) is 1. The van der Waals surface area contributed by atoms with Crippen molar-refractivity contribution in [2.75, 3.05) is 20.3 Å². The number of hydrogen-bond acceptors (Lipinski definition) is 2. The molecule has 0 spiro atoms. The molecule has 2 unspecified atom stereocenters. The molecule has 1 saturated heterocycles. The molecule has 1 N–H and O–H groups in total. The number of methoxy groups -OCH3 is 1. The zero-order valence-electron chi connectivity index (χ0n) is 11.0. The number of rotatable bonds is 4. The summed E-state index contributed by atoms with van der Waals surface area (Å²) in [5.41, 5.74) is 0.641. The van der Waals surface area contributed by atoms with Crippen LogP contribution in [0.15, 0.2) is 0 Å². The van der Waals surface area contributed by atoms with Crippen molar-refractivity contribution in [3.05, 3.63) is 0 Å². The first-order chi connectivity index (χ1) is 6.94. The third kappa shape index (κ3) is 2.54. The highest BCUT2D eigenvalue weighted by Crippen LogP contribution is 2.43. The minimum Gasteiger partial charge on any atom is -0.385 e. The van der Waals surface area contributed by atoms with Gasteiger partial charge < -0.3 is 10.1 Å². The fourth-order valence-corrected chi connectivity index (χ4v) is 3.11. The molecular formula is C13H27NO. The van der Waals surface area contributed by atoms with E-state index in [9.17, 15) is 0 Å². The molecule has 0 aliphatic carbocycles. The molecule has 1 aliphatic heterocycles. The summed E-state index contributed by atoms with van der Waals surface area (Å²) in [6, 6.07) is 0. The average molecular weight is 213 g/mol. The monoisotopic (exact) mass is 213 g/mol. The maximum Gasteiger partial charge on any atom is 0.0465 e. The van der Waals surface area contributed by atoms with Crippen molar-refractivity contribution in [2.24, 2.45) is 11.3 Å². The quantitative estimate of drug-likeness (QED) is 0.775. The summed E-state index contributed by atoms with van der Waals surface area (Å²) < 4.78 is 5.20. The summed E-state index contributed by atoms with van der Waals surface area (Å²) in [5, 5.41) is 3.76. The molecule has 15 heavy (non-hydrogen) atoms. The van der Waals surface area contributed by atoms with Gasteiger partial charge in [-0.15, -0.1) is 0 Å². The first kappa shape index (κ1) is 13.0. The maximum atomic E-state index is 5.20. The van der Waals surface area contributed by atoms with Gasteiger partial charge in [0, 0.05) is 19.3 Å². The second kappa shape index (κ2) is 4.84. The Kier molecular flexibility index (Phi) is 4.19. The van der Waals surface area contributed by atoms with Gasteiger partial charge in [-0.1, -0.05) is 27.7 Å². The standard InChI is InChI=1S/C13H27NO/c1-11(7-10-15-5)13(12(2,3)4)8-6-9-14-13/h11,14H,6-10H2,1-5H3. The molecule has 0 saturated carbocycles. The molecule has 2 heteroatoms. The van der Waals surface area contributed by atoms with Gasteiger partial charge in [0.15, 0.2) is 0 Å². The highest BCUT2D eigenvalue weighted by atomic mass is 16.5. The van der Waals surface area contributed by atoms with Gasteiger partial charge in [-0.2, -0.15) is 0 Å². The fourth-order valence-electron chi connectivity index (χ4n) is 3.11. The molecule has 1 aliphatic rings. The second-order valence-electron chi connectivity index (χ2n) is 5.93. The van der Waals surface area contributed by atoms with Crippen LogP contribution < -0.4 is 5.32 Å². The molecule has 2 atom stereocenters. The van der Waals surface area contributed by atoms with Crippen LogP contribution in [0, 0.1) is 11.3 Å². The lowest BCUT2D eigenvalue weighted by Crippen LogP contribution is -2.55. The van der Waals surface area contributed by atoms with Crippen LogP contribution in [0.2, 0.25) is 0 Å². The van der Waals surface area contributed by atoms with Crippen LogP contribution in [0.4, 0.5) is 0 Å². The van der Waals surface area contributed by atoms with Crippen molar-refractivity contribution >= 4 is 0 Å². The van der Waals surface area contributed by atoms with Gasteiger partial charge in [-0.3, -0.25) is 0 Å². The summed E-state index contributed by atoms with van der Waals surface area (Å²) >= 11 is 0. The van der Waals surface area contributed by atoms with E-state index in [1.54, 1.807) is 7.11 Å². The summed E-state index contributed by atoms with van der Waals surface area (Å²) in [5.74, 6) is 0.681. The minimum absolute atomic E-state index is 0.311. The Hall–Kier alpha value is -0.0800. The van der Waals surface area contributed by atoms with E-state index in [4.69, 9.17) is 4.74 Å². The Bertz CT molecular complexity index is 189. The van der Waals surface area contributed by atoms with Gasteiger partial charge in [0.1, 0.15) is 0 Å². The molecule has 1 heterocycles. The zero-order chi connectivity index (χ0) is 11.5. The van der Waals surface area contributed by atoms with Gasteiger partial charge in [0.05, 0.1) is 0 Å². The van der Waals surface area contributed by atoms with Crippen molar-refractivity contribution in [1.29, 1.82) is 0 Å². The summed E-state index contributed by atoms with van der Waals surface area (Å²) in [6.07, 6.45) is 3.77. The third-order valence-electron chi connectivity index (χ3n) is 4.12. The summed E-state index contributed by atoms with van der Waals surface area (Å²) in [4.78, 5) is 0. The lowest BCUT2D eigenvalue weighted by atomic mass is 9.65. The van der Waals surface area contributed by atoms with Crippen molar-refractivity contribution in [1.82, 2.24) is 5.32 Å². The van der Waals surface area contributed by atoms with Gasteiger partial charge in [-0.05, 0) is 37.1 Å². The van der Waals surface area contributed by atoms with E-state index in [0.717, 1.165) is 13.0 Å². The van der Waals surface area contributed by atoms with Gasteiger partial charge >= 0.3 is 0 Å². The lowest BCUT2D eigenvalue weighted by Gasteiger charge is -2.47. The van der Waals surface area contributed by atoms with Gasteiger partial charge in [0.25, 0.3) is 0 Å². The highest BCUT2D eigenvalue weighted by molar-refractivity contribution is 5.04. The van der Waals surface area contributed by atoms with Crippen molar-refractivity contribution < 1.29 is 4.74 Å². The first-order valence-electron chi connectivity index (χ1n) is 6.18. The molecular weight excluding hydrogens is 186 g/mol. The number of nitrogens with one attached hydrogen (secondary N) is 1. The lowest BCUT2D eigenvalue weighted by molar-refractivity contribution is 0.0705. The van der Waals surface area contributed by atoms with E-state index in [2.05, 4.69) is 33.0 Å². The molecule has 0 aromatic carbocycles. The average Bonchev–Trinajstić information content (AvgIpc) is 2.62. The molecule has 2 nitrogen and oxygen atoms in total.